The first-order valence-corrected chi connectivity index (χ1v) is 5.77. The van der Waals surface area contributed by atoms with Crippen molar-refractivity contribution in [2.45, 2.75) is 19.9 Å². The second kappa shape index (κ2) is 6.46. The molecule has 18 heavy (non-hydrogen) atoms. The highest BCUT2D eigenvalue weighted by Gasteiger charge is 2.24. The summed E-state index contributed by atoms with van der Waals surface area (Å²) >= 11 is 5.70. The summed E-state index contributed by atoms with van der Waals surface area (Å²) in [5, 5.41) is 10.9. The molecule has 100 valence electrons. The van der Waals surface area contributed by atoms with E-state index in [1.165, 1.54) is 0 Å². The van der Waals surface area contributed by atoms with Gasteiger partial charge in [-0.15, -0.1) is 0 Å². The molecule has 0 bridgehead atoms. The van der Waals surface area contributed by atoms with Gasteiger partial charge in [0.2, 0.25) is 11.1 Å². The molecule has 0 saturated heterocycles. The zero-order valence-corrected chi connectivity index (χ0v) is 11.2. The van der Waals surface area contributed by atoms with Crippen LogP contribution in [0, 0.1) is 10.1 Å². The first kappa shape index (κ1) is 14.6. The Morgan fingerprint density at radius 2 is 2.28 bits per heavy atom. The number of methoxy groups -OCH3 is 1. The zero-order valence-electron chi connectivity index (χ0n) is 10.5. The quantitative estimate of drug-likeness (QED) is 0.448. The average Bonchev–Trinajstić information content (AvgIpc) is 2.28. The minimum atomic E-state index is -0.520. The van der Waals surface area contributed by atoms with Gasteiger partial charge in [-0.1, -0.05) is 0 Å². The summed E-state index contributed by atoms with van der Waals surface area (Å²) in [5.74, 6) is 0.215. The van der Waals surface area contributed by atoms with Crippen LogP contribution in [0.2, 0.25) is 5.28 Å². The van der Waals surface area contributed by atoms with Crippen LogP contribution < -0.4 is 4.90 Å². The van der Waals surface area contributed by atoms with Gasteiger partial charge in [-0.25, -0.2) is 4.98 Å². The van der Waals surface area contributed by atoms with Gasteiger partial charge in [-0.2, -0.15) is 4.98 Å². The Hall–Kier alpha value is -1.47. The van der Waals surface area contributed by atoms with Gasteiger partial charge in [0.15, 0.2) is 0 Å². The SMILES string of the molecule is COCCN(c1nc(Cl)ncc1[N+](=O)[O-])C(C)C. The van der Waals surface area contributed by atoms with Crippen molar-refractivity contribution in [3.8, 4) is 0 Å². The maximum atomic E-state index is 11.0. The van der Waals surface area contributed by atoms with Crippen LogP contribution >= 0.6 is 11.6 Å². The topological polar surface area (TPSA) is 81.4 Å². The van der Waals surface area contributed by atoms with Gasteiger partial charge < -0.3 is 9.64 Å². The molecule has 0 atom stereocenters. The predicted molar refractivity (Wildman–Crippen MR) is 68.1 cm³/mol. The molecule has 0 fully saturated rings. The molecule has 0 saturated carbocycles. The molecule has 1 aromatic rings. The summed E-state index contributed by atoms with van der Waals surface area (Å²) in [6.07, 6.45) is 1.12. The number of ether oxygens (including phenoxy) is 1. The molecule has 0 unspecified atom stereocenters. The molecular formula is C10H15ClN4O3. The molecule has 7 nitrogen and oxygen atoms in total. The van der Waals surface area contributed by atoms with Crippen LogP contribution in [0.1, 0.15) is 13.8 Å². The van der Waals surface area contributed by atoms with Gasteiger partial charge in [0.1, 0.15) is 6.20 Å². The number of nitro groups is 1. The van der Waals surface area contributed by atoms with Gasteiger partial charge in [-0.05, 0) is 25.4 Å². The Kier molecular flexibility index (Phi) is 5.24. The first-order chi connectivity index (χ1) is 8.47. The lowest BCUT2D eigenvalue weighted by Gasteiger charge is -2.26. The molecule has 0 N–H and O–H groups in total. The van der Waals surface area contributed by atoms with Crippen molar-refractivity contribution >= 4 is 23.1 Å². The Balaban J connectivity index is 3.16. The van der Waals surface area contributed by atoms with E-state index in [2.05, 4.69) is 9.97 Å². The third-order valence-electron chi connectivity index (χ3n) is 2.35. The van der Waals surface area contributed by atoms with E-state index in [0.29, 0.717) is 13.2 Å². The molecular weight excluding hydrogens is 260 g/mol. The predicted octanol–water partition coefficient (Wildman–Crippen LogP) is 1.90. The largest absolute Gasteiger partial charge is 0.383 e. The molecule has 8 heteroatoms. The summed E-state index contributed by atoms with van der Waals surface area (Å²) in [4.78, 5) is 19.8. The van der Waals surface area contributed by atoms with Crippen LogP contribution in [0.4, 0.5) is 11.5 Å². The van der Waals surface area contributed by atoms with Gasteiger partial charge in [0, 0.05) is 19.7 Å². The molecule has 0 amide bonds. The molecule has 0 radical (unpaired) electrons. The monoisotopic (exact) mass is 274 g/mol. The van der Waals surface area contributed by atoms with Crippen molar-refractivity contribution < 1.29 is 9.66 Å². The average molecular weight is 275 g/mol. The van der Waals surface area contributed by atoms with Crippen molar-refractivity contribution in [1.82, 2.24) is 9.97 Å². The van der Waals surface area contributed by atoms with Gasteiger partial charge in [-0.3, -0.25) is 10.1 Å². The summed E-state index contributed by atoms with van der Waals surface area (Å²) < 4.78 is 4.99. The van der Waals surface area contributed by atoms with E-state index in [9.17, 15) is 10.1 Å². The lowest BCUT2D eigenvalue weighted by Crippen LogP contribution is -2.35. The van der Waals surface area contributed by atoms with Crippen LogP contribution in [-0.4, -0.2) is 41.2 Å². The molecule has 1 rings (SSSR count). The van der Waals surface area contributed by atoms with Crippen molar-refractivity contribution in [1.29, 1.82) is 0 Å². The zero-order chi connectivity index (χ0) is 13.7. The summed E-state index contributed by atoms with van der Waals surface area (Å²) in [7, 11) is 1.57. The number of hydrogen-bond donors (Lipinski definition) is 0. The molecule has 0 aromatic carbocycles. The fraction of sp³-hybridized carbons (Fsp3) is 0.600. The number of nitrogens with zero attached hydrogens (tertiary/aromatic N) is 4. The second-order valence-electron chi connectivity index (χ2n) is 3.88. The number of halogens is 1. The minimum absolute atomic E-state index is 0.0151. The Labute approximate surface area is 110 Å². The van der Waals surface area contributed by atoms with E-state index in [-0.39, 0.29) is 22.8 Å². The van der Waals surface area contributed by atoms with Gasteiger partial charge in [0.05, 0.1) is 11.5 Å². The van der Waals surface area contributed by atoms with E-state index in [1.807, 2.05) is 13.8 Å². The van der Waals surface area contributed by atoms with Crippen LogP contribution in [0.3, 0.4) is 0 Å². The van der Waals surface area contributed by atoms with Crippen molar-refractivity contribution in [2.75, 3.05) is 25.2 Å². The van der Waals surface area contributed by atoms with Crippen LogP contribution in [0.15, 0.2) is 6.20 Å². The molecule has 0 aliphatic carbocycles. The number of rotatable bonds is 6. The van der Waals surface area contributed by atoms with Crippen LogP contribution in [-0.2, 0) is 4.74 Å². The molecule has 0 spiro atoms. The maximum Gasteiger partial charge on any atom is 0.329 e. The van der Waals surface area contributed by atoms with Gasteiger partial charge >= 0.3 is 5.69 Å². The van der Waals surface area contributed by atoms with E-state index in [4.69, 9.17) is 16.3 Å². The highest BCUT2D eigenvalue weighted by atomic mass is 35.5. The number of aromatic nitrogens is 2. The van der Waals surface area contributed by atoms with Crippen molar-refractivity contribution in [2.24, 2.45) is 0 Å². The fourth-order valence-electron chi connectivity index (χ4n) is 1.48. The van der Waals surface area contributed by atoms with Crippen molar-refractivity contribution in [3.05, 3.63) is 21.6 Å². The minimum Gasteiger partial charge on any atom is -0.383 e. The third kappa shape index (κ3) is 3.51. The molecule has 1 heterocycles. The lowest BCUT2D eigenvalue weighted by molar-refractivity contribution is -0.384. The van der Waals surface area contributed by atoms with E-state index >= 15 is 0 Å². The summed E-state index contributed by atoms with van der Waals surface area (Å²) in [6.45, 7) is 4.75. The maximum absolute atomic E-state index is 11.0. The van der Waals surface area contributed by atoms with E-state index < -0.39 is 4.92 Å². The Bertz CT molecular complexity index is 428. The normalized spacial score (nSPS) is 10.7. The Morgan fingerprint density at radius 1 is 1.61 bits per heavy atom. The van der Waals surface area contributed by atoms with Gasteiger partial charge in [0.25, 0.3) is 0 Å². The van der Waals surface area contributed by atoms with Crippen LogP contribution in [0.5, 0.6) is 0 Å². The third-order valence-corrected chi connectivity index (χ3v) is 2.53. The smallest absolute Gasteiger partial charge is 0.329 e. The second-order valence-corrected chi connectivity index (χ2v) is 4.22. The number of hydrogen-bond acceptors (Lipinski definition) is 6. The molecule has 0 aliphatic heterocycles. The van der Waals surface area contributed by atoms with E-state index in [0.717, 1.165) is 6.20 Å². The Morgan fingerprint density at radius 3 is 2.78 bits per heavy atom. The van der Waals surface area contributed by atoms with Crippen LogP contribution in [0.25, 0.3) is 0 Å². The highest BCUT2D eigenvalue weighted by molar-refractivity contribution is 6.28. The van der Waals surface area contributed by atoms with E-state index in [1.54, 1.807) is 12.0 Å². The van der Waals surface area contributed by atoms with Crippen molar-refractivity contribution in [3.63, 3.8) is 0 Å². The molecule has 1 aromatic heterocycles. The molecule has 0 aliphatic rings. The first-order valence-electron chi connectivity index (χ1n) is 5.40. The highest BCUT2D eigenvalue weighted by Crippen LogP contribution is 2.27. The standard InChI is InChI=1S/C10H15ClN4O3/c1-7(2)14(4-5-18-3)9-8(15(16)17)6-12-10(11)13-9/h6-7H,4-5H2,1-3H3. The lowest BCUT2D eigenvalue weighted by atomic mass is 10.3. The summed E-state index contributed by atoms with van der Waals surface area (Å²) in [5.41, 5.74) is -0.163. The fourth-order valence-corrected chi connectivity index (χ4v) is 1.61. The summed E-state index contributed by atoms with van der Waals surface area (Å²) in [6, 6.07) is 0.0322. The number of anilines is 1.